The van der Waals surface area contributed by atoms with Crippen molar-refractivity contribution in [1.29, 1.82) is 0 Å². The van der Waals surface area contributed by atoms with Crippen molar-refractivity contribution in [3.8, 4) is 0 Å². The molecule has 0 radical (unpaired) electrons. The van der Waals surface area contributed by atoms with E-state index in [-0.39, 0.29) is 12.1 Å². The van der Waals surface area contributed by atoms with Gasteiger partial charge in [0.05, 0.1) is 11.5 Å². The highest BCUT2D eigenvalue weighted by atomic mass is 32.1. The summed E-state index contributed by atoms with van der Waals surface area (Å²) in [4.78, 5) is 24.8. The molecule has 114 valence electrons. The van der Waals surface area contributed by atoms with Crippen LogP contribution >= 0.6 is 11.3 Å². The van der Waals surface area contributed by atoms with E-state index in [0.717, 1.165) is 16.0 Å². The van der Waals surface area contributed by atoms with Crippen LogP contribution in [0, 0.1) is 13.8 Å². The molecule has 0 saturated heterocycles. The molecule has 6 heteroatoms. The lowest BCUT2D eigenvalue weighted by Gasteiger charge is -2.25. The molecule has 0 amide bonds. The number of aromatic nitrogens is 2. The number of esters is 1. The van der Waals surface area contributed by atoms with Gasteiger partial charge in [0.1, 0.15) is 23.0 Å². The maximum atomic E-state index is 12.1. The molecule has 0 aromatic carbocycles. The zero-order chi connectivity index (χ0) is 15.7. The van der Waals surface area contributed by atoms with Crippen molar-refractivity contribution in [1.82, 2.24) is 9.97 Å². The molecule has 2 heterocycles. The zero-order valence-corrected chi connectivity index (χ0v) is 14.1. The van der Waals surface area contributed by atoms with Gasteiger partial charge in [0.2, 0.25) is 0 Å². The quantitative estimate of drug-likeness (QED) is 0.812. The van der Waals surface area contributed by atoms with Crippen LogP contribution in [0.25, 0.3) is 10.2 Å². The van der Waals surface area contributed by atoms with Gasteiger partial charge in [0.25, 0.3) is 0 Å². The van der Waals surface area contributed by atoms with E-state index in [2.05, 4.69) is 23.8 Å². The fourth-order valence-corrected chi connectivity index (χ4v) is 3.10. The number of thiophene rings is 1. The van der Waals surface area contributed by atoms with Gasteiger partial charge in [0.15, 0.2) is 0 Å². The number of carbonyl (C=O) groups is 1. The molecule has 0 unspecified atom stereocenters. The Hall–Kier alpha value is -1.69. The molecule has 0 spiro atoms. The van der Waals surface area contributed by atoms with Gasteiger partial charge in [-0.3, -0.25) is 0 Å². The number of anilines is 1. The van der Waals surface area contributed by atoms with E-state index in [9.17, 15) is 4.79 Å². The van der Waals surface area contributed by atoms with E-state index in [1.807, 2.05) is 32.7 Å². The van der Waals surface area contributed by atoms with E-state index in [4.69, 9.17) is 4.74 Å². The molecule has 2 aromatic heterocycles. The first kappa shape index (κ1) is 15.7. The zero-order valence-electron chi connectivity index (χ0n) is 13.3. The van der Waals surface area contributed by atoms with Gasteiger partial charge in [-0.25, -0.2) is 14.8 Å². The Balaban J connectivity index is 2.39. The first-order valence-corrected chi connectivity index (χ1v) is 7.78. The summed E-state index contributed by atoms with van der Waals surface area (Å²) < 4.78 is 5.28. The summed E-state index contributed by atoms with van der Waals surface area (Å²) in [6.45, 7) is 9.65. The van der Waals surface area contributed by atoms with Crippen LogP contribution < -0.4 is 4.90 Å². The number of carbonyl (C=O) groups excluding carboxylic acids is 1. The predicted molar refractivity (Wildman–Crippen MR) is 86.0 cm³/mol. The van der Waals surface area contributed by atoms with Crippen LogP contribution in [0.15, 0.2) is 6.33 Å². The Morgan fingerprint density at radius 3 is 2.57 bits per heavy atom. The monoisotopic (exact) mass is 307 g/mol. The Morgan fingerprint density at radius 1 is 1.29 bits per heavy atom. The fraction of sp³-hybridized carbons (Fsp3) is 0.533. The number of hydrogen-bond acceptors (Lipinski definition) is 6. The largest absolute Gasteiger partial charge is 0.461 e. The van der Waals surface area contributed by atoms with E-state index in [1.165, 1.54) is 10.4 Å². The molecular weight excluding hydrogens is 286 g/mol. The third-order valence-corrected chi connectivity index (χ3v) is 4.67. The third kappa shape index (κ3) is 3.00. The molecule has 21 heavy (non-hydrogen) atoms. The van der Waals surface area contributed by atoms with Crippen molar-refractivity contribution in [3.05, 3.63) is 16.8 Å². The average Bonchev–Trinajstić information content (AvgIpc) is 2.72. The van der Waals surface area contributed by atoms with Crippen molar-refractivity contribution in [2.24, 2.45) is 0 Å². The molecule has 0 saturated carbocycles. The van der Waals surface area contributed by atoms with Gasteiger partial charge in [0, 0.05) is 11.9 Å². The first-order valence-electron chi connectivity index (χ1n) is 6.97. The molecule has 0 aliphatic rings. The van der Waals surface area contributed by atoms with Crippen LogP contribution in [-0.2, 0) is 9.53 Å². The van der Waals surface area contributed by atoms with Gasteiger partial charge in [-0.15, -0.1) is 11.3 Å². The number of nitrogens with zero attached hydrogens (tertiary/aromatic N) is 3. The Morgan fingerprint density at radius 2 is 1.95 bits per heavy atom. The summed E-state index contributed by atoms with van der Waals surface area (Å²) in [6, 6.07) is -0.398. The van der Waals surface area contributed by atoms with Crippen LogP contribution in [0.3, 0.4) is 0 Å². The normalized spacial score (nSPS) is 12.7. The van der Waals surface area contributed by atoms with Crippen molar-refractivity contribution >= 4 is 33.3 Å². The van der Waals surface area contributed by atoms with Gasteiger partial charge in [-0.2, -0.15) is 0 Å². The lowest BCUT2D eigenvalue weighted by Crippen LogP contribution is -2.38. The van der Waals surface area contributed by atoms with Gasteiger partial charge in [-0.05, 0) is 40.2 Å². The molecular formula is C15H21N3O2S. The van der Waals surface area contributed by atoms with Gasteiger partial charge in [-0.1, -0.05) is 0 Å². The molecule has 0 bridgehead atoms. The van der Waals surface area contributed by atoms with Crippen LogP contribution in [0.2, 0.25) is 0 Å². The Bertz CT molecular complexity index is 666. The van der Waals surface area contributed by atoms with Crippen LogP contribution in [0.5, 0.6) is 0 Å². The second-order valence-electron chi connectivity index (χ2n) is 5.43. The summed E-state index contributed by atoms with van der Waals surface area (Å²) in [6.07, 6.45) is 1.42. The minimum atomic E-state index is -0.398. The SMILES string of the molecule is Cc1sc2ncnc(N(C)[C@@H](C)C(=O)OC(C)C)c2c1C. The second-order valence-corrected chi connectivity index (χ2v) is 6.64. The first-order chi connectivity index (χ1) is 9.82. The summed E-state index contributed by atoms with van der Waals surface area (Å²) in [5.74, 6) is 0.527. The number of likely N-dealkylation sites (N-methyl/N-ethyl adjacent to an activating group) is 1. The smallest absolute Gasteiger partial charge is 0.328 e. The second kappa shape index (κ2) is 5.97. The molecule has 0 N–H and O–H groups in total. The minimum absolute atomic E-state index is 0.121. The average molecular weight is 307 g/mol. The topological polar surface area (TPSA) is 55.3 Å². The predicted octanol–water partition coefficient (Wildman–Crippen LogP) is 3.08. The molecule has 5 nitrogen and oxygen atoms in total. The lowest BCUT2D eigenvalue weighted by molar-refractivity contribution is -0.148. The van der Waals surface area contributed by atoms with Gasteiger partial charge >= 0.3 is 5.97 Å². The molecule has 1 atom stereocenters. The van der Waals surface area contributed by atoms with Crippen LogP contribution in [0.4, 0.5) is 5.82 Å². The highest BCUT2D eigenvalue weighted by Gasteiger charge is 2.24. The van der Waals surface area contributed by atoms with Crippen molar-refractivity contribution in [2.45, 2.75) is 46.8 Å². The highest BCUT2D eigenvalue weighted by Crippen LogP contribution is 2.34. The number of rotatable bonds is 4. The molecule has 0 aliphatic carbocycles. The maximum Gasteiger partial charge on any atom is 0.328 e. The third-order valence-electron chi connectivity index (χ3n) is 3.55. The maximum absolute atomic E-state index is 12.1. The van der Waals surface area contributed by atoms with E-state index < -0.39 is 6.04 Å². The van der Waals surface area contributed by atoms with Crippen LogP contribution in [-0.4, -0.2) is 35.1 Å². The molecule has 2 rings (SSSR count). The Labute approximate surface area is 129 Å². The highest BCUT2D eigenvalue weighted by molar-refractivity contribution is 7.18. The molecule has 0 fully saturated rings. The van der Waals surface area contributed by atoms with Gasteiger partial charge < -0.3 is 9.64 Å². The number of aryl methyl sites for hydroxylation is 2. The molecule has 2 aromatic rings. The molecule has 0 aliphatic heterocycles. The Kier molecular flexibility index (Phi) is 4.46. The number of ether oxygens (including phenoxy) is 1. The summed E-state index contributed by atoms with van der Waals surface area (Å²) in [5, 5.41) is 1.02. The summed E-state index contributed by atoms with van der Waals surface area (Å²) >= 11 is 1.65. The summed E-state index contributed by atoms with van der Waals surface area (Å²) in [7, 11) is 1.86. The van der Waals surface area contributed by atoms with Crippen molar-refractivity contribution < 1.29 is 9.53 Å². The van der Waals surface area contributed by atoms with E-state index >= 15 is 0 Å². The van der Waals surface area contributed by atoms with E-state index in [0.29, 0.717) is 0 Å². The van der Waals surface area contributed by atoms with Crippen LogP contribution in [0.1, 0.15) is 31.2 Å². The number of fused-ring (bicyclic) bond motifs is 1. The lowest BCUT2D eigenvalue weighted by atomic mass is 10.2. The minimum Gasteiger partial charge on any atom is -0.461 e. The number of hydrogen-bond donors (Lipinski definition) is 0. The van der Waals surface area contributed by atoms with Crippen molar-refractivity contribution in [3.63, 3.8) is 0 Å². The fourth-order valence-electron chi connectivity index (χ4n) is 2.10. The van der Waals surface area contributed by atoms with E-state index in [1.54, 1.807) is 17.7 Å². The standard InChI is InChI=1S/C15H21N3O2S/c1-8(2)20-15(19)10(4)18(6)13-12-9(3)11(5)21-14(12)17-7-16-13/h7-8,10H,1-6H3/t10-/m0/s1. The summed E-state index contributed by atoms with van der Waals surface area (Å²) in [5.41, 5.74) is 1.17. The van der Waals surface area contributed by atoms with Crippen molar-refractivity contribution in [2.75, 3.05) is 11.9 Å².